The summed E-state index contributed by atoms with van der Waals surface area (Å²) in [5.74, 6) is 0.735. The number of benzene rings is 1. The largest absolute Gasteiger partial charge is 0.497 e. The second-order valence-corrected chi connectivity index (χ2v) is 5.14. The van der Waals surface area contributed by atoms with E-state index < -0.39 is 0 Å². The summed E-state index contributed by atoms with van der Waals surface area (Å²) in [6.45, 7) is 1.97. The van der Waals surface area contributed by atoms with E-state index in [-0.39, 0.29) is 18.3 Å². The van der Waals surface area contributed by atoms with Crippen molar-refractivity contribution in [3.8, 4) is 5.75 Å². The number of nitrogens with zero attached hydrogens (tertiary/aromatic N) is 1. The highest BCUT2D eigenvalue weighted by atomic mass is 35.5. The molecule has 1 aromatic carbocycles. The number of nitrogens with one attached hydrogen (secondary N) is 1. The molecule has 0 saturated carbocycles. The van der Waals surface area contributed by atoms with Gasteiger partial charge in [-0.25, -0.2) is 0 Å². The first kappa shape index (κ1) is 17.8. The lowest BCUT2D eigenvalue weighted by Crippen LogP contribution is -2.47. The van der Waals surface area contributed by atoms with Gasteiger partial charge in [-0.3, -0.25) is 9.69 Å². The summed E-state index contributed by atoms with van der Waals surface area (Å²) >= 11 is 0. The fourth-order valence-electron chi connectivity index (χ4n) is 2.62. The van der Waals surface area contributed by atoms with Crippen molar-refractivity contribution < 1.29 is 9.53 Å². The molecule has 1 fully saturated rings. The lowest BCUT2D eigenvalue weighted by atomic mass is 10.0. The first-order chi connectivity index (χ1) is 9.72. The lowest BCUT2D eigenvalue weighted by Gasteiger charge is -2.34. The molecule has 0 bridgehead atoms. The molecule has 118 valence electrons. The van der Waals surface area contributed by atoms with Gasteiger partial charge in [0.25, 0.3) is 0 Å². The normalized spacial score (nSPS) is 18.7. The molecule has 3 N–H and O–H groups in total. The van der Waals surface area contributed by atoms with Crippen molar-refractivity contribution in [1.29, 1.82) is 0 Å². The highest BCUT2D eigenvalue weighted by Crippen LogP contribution is 2.18. The molecule has 0 radical (unpaired) electrons. The quantitative estimate of drug-likeness (QED) is 0.871. The van der Waals surface area contributed by atoms with Gasteiger partial charge in [0.1, 0.15) is 5.75 Å². The zero-order valence-electron chi connectivity index (χ0n) is 12.4. The van der Waals surface area contributed by atoms with Crippen LogP contribution in [0.4, 0.5) is 5.69 Å². The predicted octanol–water partition coefficient (Wildman–Crippen LogP) is 1.87. The van der Waals surface area contributed by atoms with Crippen LogP contribution in [-0.4, -0.2) is 43.6 Å². The van der Waals surface area contributed by atoms with Crippen LogP contribution in [0.2, 0.25) is 0 Å². The molecule has 0 aliphatic carbocycles. The van der Waals surface area contributed by atoms with Crippen LogP contribution in [0.1, 0.15) is 19.3 Å². The first-order valence-electron chi connectivity index (χ1n) is 7.11. The molecule has 0 spiro atoms. The van der Waals surface area contributed by atoms with Crippen LogP contribution in [0.15, 0.2) is 24.3 Å². The molecule has 6 heteroatoms. The number of rotatable bonds is 5. The Balaban J connectivity index is 0.00000220. The van der Waals surface area contributed by atoms with Crippen molar-refractivity contribution >= 4 is 24.0 Å². The zero-order valence-corrected chi connectivity index (χ0v) is 13.2. The van der Waals surface area contributed by atoms with Crippen molar-refractivity contribution in [2.24, 2.45) is 5.73 Å². The van der Waals surface area contributed by atoms with Gasteiger partial charge < -0.3 is 15.8 Å². The number of likely N-dealkylation sites (tertiary alicyclic amines) is 1. The minimum absolute atomic E-state index is 0. The number of carbonyl (C=O) groups excluding carboxylic acids is 1. The Morgan fingerprint density at radius 1 is 1.48 bits per heavy atom. The van der Waals surface area contributed by atoms with Gasteiger partial charge in [-0.2, -0.15) is 0 Å². The number of halogens is 1. The van der Waals surface area contributed by atoms with Crippen LogP contribution < -0.4 is 15.8 Å². The highest BCUT2D eigenvalue weighted by Gasteiger charge is 2.22. The third-order valence-electron chi connectivity index (χ3n) is 3.72. The van der Waals surface area contributed by atoms with Gasteiger partial charge in [-0.05, 0) is 31.5 Å². The minimum atomic E-state index is -0.00129. The Hall–Kier alpha value is -1.30. The number of carbonyl (C=O) groups is 1. The van der Waals surface area contributed by atoms with Crippen LogP contribution in [0, 0.1) is 0 Å². The standard InChI is InChI=1S/C15H23N3O2.ClH/c1-20-14-7-4-5-12(9-14)17-15(19)11-18-8-3-2-6-13(18)10-16;/h4-5,7,9,13H,2-3,6,8,10-11,16H2,1H3,(H,17,19);1H. The predicted molar refractivity (Wildman–Crippen MR) is 87.1 cm³/mol. The van der Waals surface area contributed by atoms with Crippen LogP contribution >= 0.6 is 12.4 Å². The van der Waals surface area contributed by atoms with E-state index in [2.05, 4.69) is 10.2 Å². The summed E-state index contributed by atoms with van der Waals surface area (Å²) < 4.78 is 5.14. The van der Waals surface area contributed by atoms with E-state index in [1.165, 1.54) is 6.42 Å². The average molecular weight is 314 g/mol. The summed E-state index contributed by atoms with van der Waals surface area (Å²) in [6.07, 6.45) is 3.43. The molecule has 2 rings (SSSR count). The maximum atomic E-state index is 12.1. The molecule has 5 nitrogen and oxygen atoms in total. The molecule has 1 aliphatic heterocycles. The summed E-state index contributed by atoms with van der Waals surface area (Å²) in [6, 6.07) is 7.72. The molecule has 1 heterocycles. The van der Waals surface area contributed by atoms with Gasteiger partial charge in [0.05, 0.1) is 13.7 Å². The van der Waals surface area contributed by atoms with Crippen molar-refractivity contribution in [2.45, 2.75) is 25.3 Å². The van der Waals surface area contributed by atoms with E-state index in [1.807, 2.05) is 24.3 Å². The summed E-state index contributed by atoms with van der Waals surface area (Å²) in [5.41, 5.74) is 6.53. The number of anilines is 1. The molecule has 1 saturated heterocycles. The zero-order chi connectivity index (χ0) is 14.4. The van der Waals surface area contributed by atoms with E-state index in [9.17, 15) is 4.79 Å². The molecule has 1 aromatic rings. The van der Waals surface area contributed by atoms with Gasteiger partial charge in [0.2, 0.25) is 5.91 Å². The number of ether oxygens (including phenoxy) is 1. The Bertz CT molecular complexity index is 456. The molecule has 0 aromatic heterocycles. The number of amides is 1. The Labute approximate surface area is 132 Å². The average Bonchev–Trinajstić information content (AvgIpc) is 2.48. The van der Waals surface area contributed by atoms with Crippen molar-refractivity contribution in [2.75, 3.05) is 32.1 Å². The molecule has 1 unspecified atom stereocenters. The van der Waals surface area contributed by atoms with Gasteiger partial charge >= 0.3 is 0 Å². The van der Waals surface area contributed by atoms with Crippen molar-refractivity contribution in [3.05, 3.63) is 24.3 Å². The SMILES string of the molecule is COc1cccc(NC(=O)CN2CCCCC2CN)c1.Cl. The van der Waals surface area contributed by atoms with Gasteiger partial charge in [-0.15, -0.1) is 12.4 Å². The Morgan fingerprint density at radius 2 is 2.29 bits per heavy atom. The molecule has 1 aliphatic rings. The number of piperidine rings is 1. The van der Waals surface area contributed by atoms with Crippen LogP contribution in [-0.2, 0) is 4.79 Å². The monoisotopic (exact) mass is 313 g/mol. The number of nitrogens with two attached hydrogens (primary N) is 1. The highest BCUT2D eigenvalue weighted by molar-refractivity contribution is 5.92. The van der Waals surface area contributed by atoms with E-state index >= 15 is 0 Å². The number of methoxy groups -OCH3 is 1. The Morgan fingerprint density at radius 3 is 3.00 bits per heavy atom. The van der Waals surface area contributed by atoms with Crippen LogP contribution in [0.3, 0.4) is 0 Å². The van der Waals surface area contributed by atoms with Crippen LogP contribution in [0.25, 0.3) is 0 Å². The van der Waals surface area contributed by atoms with Crippen LogP contribution in [0.5, 0.6) is 5.75 Å². The maximum Gasteiger partial charge on any atom is 0.238 e. The summed E-state index contributed by atoms with van der Waals surface area (Å²) in [5, 5.41) is 2.91. The molecular weight excluding hydrogens is 290 g/mol. The lowest BCUT2D eigenvalue weighted by molar-refractivity contribution is -0.118. The fourth-order valence-corrected chi connectivity index (χ4v) is 2.62. The molecule has 1 atom stereocenters. The molecule has 1 amide bonds. The number of hydrogen-bond donors (Lipinski definition) is 2. The topological polar surface area (TPSA) is 67.6 Å². The van der Waals surface area contributed by atoms with Crippen molar-refractivity contribution in [1.82, 2.24) is 4.90 Å². The van der Waals surface area contributed by atoms with E-state index in [0.29, 0.717) is 19.1 Å². The van der Waals surface area contributed by atoms with Gasteiger partial charge in [0.15, 0.2) is 0 Å². The summed E-state index contributed by atoms with van der Waals surface area (Å²) in [7, 11) is 1.61. The smallest absolute Gasteiger partial charge is 0.238 e. The third kappa shape index (κ3) is 5.19. The second kappa shape index (κ2) is 8.87. The van der Waals surface area contributed by atoms with E-state index in [1.54, 1.807) is 7.11 Å². The third-order valence-corrected chi connectivity index (χ3v) is 3.72. The molecular formula is C15H24ClN3O2. The Kier molecular flexibility index (Phi) is 7.50. The van der Waals surface area contributed by atoms with E-state index in [0.717, 1.165) is 30.8 Å². The van der Waals surface area contributed by atoms with E-state index in [4.69, 9.17) is 10.5 Å². The van der Waals surface area contributed by atoms with Crippen molar-refractivity contribution in [3.63, 3.8) is 0 Å². The second-order valence-electron chi connectivity index (χ2n) is 5.14. The van der Waals surface area contributed by atoms with Gasteiger partial charge in [0, 0.05) is 24.3 Å². The minimum Gasteiger partial charge on any atom is -0.497 e. The summed E-state index contributed by atoms with van der Waals surface area (Å²) in [4.78, 5) is 14.3. The fraction of sp³-hybridized carbons (Fsp3) is 0.533. The molecule has 21 heavy (non-hydrogen) atoms. The maximum absolute atomic E-state index is 12.1. The van der Waals surface area contributed by atoms with Gasteiger partial charge in [-0.1, -0.05) is 12.5 Å². The number of hydrogen-bond acceptors (Lipinski definition) is 4. The first-order valence-corrected chi connectivity index (χ1v) is 7.11.